The van der Waals surface area contributed by atoms with E-state index in [1.54, 1.807) is 18.0 Å². The van der Waals surface area contributed by atoms with E-state index in [4.69, 9.17) is 0 Å². The molecule has 116 valence electrons. The molecule has 0 saturated heterocycles. The Labute approximate surface area is 133 Å². The van der Waals surface area contributed by atoms with Crippen LogP contribution in [0.4, 0.5) is 4.39 Å². The van der Waals surface area contributed by atoms with Crippen LogP contribution in [-0.2, 0) is 13.0 Å². The fourth-order valence-electron chi connectivity index (χ4n) is 3.42. The molecule has 0 saturated carbocycles. The maximum Gasteiger partial charge on any atom is 0.270 e. The first-order valence-corrected chi connectivity index (χ1v) is 7.76. The van der Waals surface area contributed by atoms with E-state index in [0.29, 0.717) is 24.3 Å². The second-order valence-corrected chi connectivity index (χ2v) is 6.01. The smallest absolute Gasteiger partial charge is 0.270 e. The number of likely N-dealkylation sites (N-methyl/N-ethyl adjacent to an activating group) is 1. The highest BCUT2D eigenvalue weighted by atomic mass is 19.1. The number of fused-ring (bicyclic) bond motifs is 3. The number of para-hydroxylation sites is 1. The van der Waals surface area contributed by atoms with Gasteiger partial charge in [0.15, 0.2) is 0 Å². The van der Waals surface area contributed by atoms with E-state index in [2.05, 4.69) is 0 Å². The molecule has 2 aromatic carbocycles. The molecular formula is C19H17FN2O. The molecule has 0 spiro atoms. The Bertz CT molecular complexity index is 899. The van der Waals surface area contributed by atoms with Gasteiger partial charge < -0.3 is 9.47 Å². The van der Waals surface area contributed by atoms with Gasteiger partial charge in [0.05, 0.1) is 5.52 Å². The Morgan fingerprint density at radius 3 is 2.65 bits per heavy atom. The van der Waals surface area contributed by atoms with E-state index in [1.807, 2.05) is 41.0 Å². The van der Waals surface area contributed by atoms with Gasteiger partial charge in [-0.15, -0.1) is 0 Å². The van der Waals surface area contributed by atoms with Crippen LogP contribution in [0.5, 0.6) is 0 Å². The van der Waals surface area contributed by atoms with E-state index < -0.39 is 0 Å². The van der Waals surface area contributed by atoms with Crippen molar-refractivity contribution in [1.29, 1.82) is 0 Å². The number of hydrogen-bond acceptors (Lipinski definition) is 1. The number of carbonyl (C=O) groups is 1. The third-order valence-electron chi connectivity index (χ3n) is 4.57. The van der Waals surface area contributed by atoms with Crippen molar-refractivity contribution in [3.63, 3.8) is 0 Å². The van der Waals surface area contributed by atoms with Crippen LogP contribution in [0.15, 0.2) is 48.5 Å². The summed E-state index contributed by atoms with van der Waals surface area (Å²) >= 11 is 0. The molecule has 4 rings (SSSR count). The molecule has 3 nitrogen and oxygen atoms in total. The van der Waals surface area contributed by atoms with Crippen LogP contribution >= 0.6 is 0 Å². The summed E-state index contributed by atoms with van der Waals surface area (Å²) in [6.07, 6.45) is 0.763. The van der Waals surface area contributed by atoms with E-state index in [-0.39, 0.29) is 11.7 Å². The Hall–Kier alpha value is -2.62. The van der Waals surface area contributed by atoms with Gasteiger partial charge in [0.1, 0.15) is 11.5 Å². The first kappa shape index (κ1) is 14.0. The third kappa shape index (κ3) is 2.13. The monoisotopic (exact) mass is 308 g/mol. The lowest BCUT2D eigenvalue weighted by Gasteiger charge is -2.24. The summed E-state index contributed by atoms with van der Waals surface area (Å²) in [5.41, 5.74) is 3.18. The zero-order valence-corrected chi connectivity index (χ0v) is 12.9. The lowest BCUT2D eigenvalue weighted by Crippen LogP contribution is -2.35. The number of amides is 1. The fraction of sp³-hybridized carbons (Fsp3) is 0.211. The molecule has 3 aromatic rings. The van der Waals surface area contributed by atoms with Gasteiger partial charge >= 0.3 is 0 Å². The van der Waals surface area contributed by atoms with E-state index in [1.165, 1.54) is 6.07 Å². The SMILES string of the molecule is CN1CCc2c(n(Cc3ccccc3)c3c(F)cccc23)C1=O. The topological polar surface area (TPSA) is 25.2 Å². The molecule has 1 aromatic heterocycles. The molecule has 0 N–H and O–H groups in total. The molecule has 0 unspecified atom stereocenters. The molecule has 23 heavy (non-hydrogen) atoms. The van der Waals surface area contributed by atoms with Crippen molar-refractivity contribution < 1.29 is 9.18 Å². The minimum Gasteiger partial charge on any atom is -0.340 e. The van der Waals surface area contributed by atoms with Crippen LogP contribution < -0.4 is 0 Å². The van der Waals surface area contributed by atoms with E-state index in [0.717, 1.165) is 22.9 Å². The number of benzene rings is 2. The van der Waals surface area contributed by atoms with Crippen LogP contribution in [0, 0.1) is 5.82 Å². The summed E-state index contributed by atoms with van der Waals surface area (Å²) < 4.78 is 16.4. The van der Waals surface area contributed by atoms with Gasteiger partial charge in [-0.3, -0.25) is 4.79 Å². The van der Waals surface area contributed by atoms with Crippen molar-refractivity contribution >= 4 is 16.8 Å². The molecule has 0 fully saturated rings. The van der Waals surface area contributed by atoms with Gasteiger partial charge in [-0.1, -0.05) is 42.5 Å². The summed E-state index contributed by atoms with van der Waals surface area (Å²) in [6, 6.07) is 14.9. The number of hydrogen-bond donors (Lipinski definition) is 0. The Morgan fingerprint density at radius 1 is 1.09 bits per heavy atom. The number of halogens is 1. The van der Waals surface area contributed by atoms with Crippen LogP contribution in [0.3, 0.4) is 0 Å². The average Bonchev–Trinajstić information content (AvgIpc) is 2.88. The molecule has 0 radical (unpaired) electrons. The molecule has 2 heterocycles. The molecule has 1 aliphatic heterocycles. The lowest BCUT2D eigenvalue weighted by molar-refractivity contribution is 0.0770. The highest BCUT2D eigenvalue weighted by Crippen LogP contribution is 2.32. The first-order chi connectivity index (χ1) is 11.2. The lowest BCUT2D eigenvalue weighted by atomic mass is 10.0. The van der Waals surface area contributed by atoms with Gasteiger partial charge in [0.25, 0.3) is 5.91 Å². The van der Waals surface area contributed by atoms with Crippen molar-refractivity contribution in [2.75, 3.05) is 13.6 Å². The first-order valence-electron chi connectivity index (χ1n) is 7.76. The Morgan fingerprint density at radius 2 is 1.87 bits per heavy atom. The minimum absolute atomic E-state index is 0.0298. The van der Waals surface area contributed by atoms with Crippen LogP contribution in [0.1, 0.15) is 21.6 Å². The van der Waals surface area contributed by atoms with Crippen molar-refractivity contribution in [2.24, 2.45) is 0 Å². The fourth-order valence-corrected chi connectivity index (χ4v) is 3.42. The summed E-state index contributed by atoms with van der Waals surface area (Å²) in [7, 11) is 1.80. The Balaban J connectivity index is 1.99. The number of carbonyl (C=O) groups excluding carboxylic acids is 1. The average molecular weight is 308 g/mol. The number of nitrogens with zero attached hydrogens (tertiary/aromatic N) is 2. The zero-order valence-electron chi connectivity index (χ0n) is 12.9. The van der Waals surface area contributed by atoms with Gasteiger partial charge in [-0.25, -0.2) is 4.39 Å². The van der Waals surface area contributed by atoms with Gasteiger partial charge in [-0.2, -0.15) is 0 Å². The highest BCUT2D eigenvalue weighted by Gasteiger charge is 2.30. The van der Waals surface area contributed by atoms with Crippen LogP contribution in [-0.4, -0.2) is 29.0 Å². The largest absolute Gasteiger partial charge is 0.340 e. The zero-order chi connectivity index (χ0) is 16.0. The normalized spacial score (nSPS) is 14.3. The van der Waals surface area contributed by atoms with Crippen molar-refractivity contribution in [1.82, 2.24) is 9.47 Å². The molecule has 0 bridgehead atoms. The standard InChI is InChI=1S/C19H17FN2O/c1-21-11-10-15-14-8-5-9-16(20)17(14)22(18(15)19(21)23)12-13-6-3-2-4-7-13/h2-9H,10-12H2,1H3. The van der Waals surface area contributed by atoms with Crippen LogP contribution in [0.2, 0.25) is 0 Å². The predicted molar refractivity (Wildman–Crippen MR) is 88.1 cm³/mol. The van der Waals surface area contributed by atoms with Crippen molar-refractivity contribution in [2.45, 2.75) is 13.0 Å². The second-order valence-electron chi connectivity index (χ2n) is 6.01. The maximum atomic E-state index is 14.5. The summed E-state index contributed by atoms with van der Waals surface area (Å²) in [5, 5.41) is 0.859. The molecule has 0 aliphatic carbocycles. The van der Waals surface area contributed by atoms with Crippen LogP contribution in [0.25, 0.3) is 10.9 Å². The third-order valence-corrected chi connectivity index (χ3v) is 4.57. The molecule has 1 aliphatic rings. The number of rotatable bonds is 2. The Kier molecular flexibility index (Phi) is 3.18. The molecular weight excluding hydrogens is 291 g/mol. The molecule has 0 atom stereocenters. The van der Waals surface area contributed by atoms with Gasteiger partial charge in [-0.05, 0) is 23.6 Å². The van der Waals surface area contributed by atoms with E-state index >= 15 is 0 Å². The quantitative estimate of drug-likeness (QED) is 0.712. The van der Waals surface area contributed by atoms with E-state index in [9.17, 15) is 9.18 Å². The highest BCUT2D eigenvalue weighted by molar-refractivity contribution is 6.03. The molecule has 4 heteroatoms. The summed E-state index contributed by atoms with van der Waals surface area (Å²) in [5.74, 6) is -0.305. The maximum absolute atomic E-state index is 14.5. The summed E-state index contributed by atoms with van der Waals surface area (Å²) in [4.78, 5) is 14.4. The van der Waals surface area contributed by atoms with Crippen molar-refractivity contribution in [3.8, 4) is 0 Å². The van der Waals surface area contributed by atoms with Gasteiger partial charge in [0.2, 0.25) is 0 Å². The van der Waals surface area contributed by atoms with Crippen molar-refractivity contribution in [3.05, 3.63) is 71.2 Å². The predicted octanol–water partition coefficient (Wildman–Crippen LogP) is 3.46. The minimum atomic E-state index is -0.275. The molecule has 1 amide bonds. The summed E-state index contributed by atoms with van der Waals surface area (Å²) in [6.45, 7) is 1.17. The number of aromatic nitrogens is 1. The second kappa shape index (κ2) is 5.23. The van der Waals surface area contributed by atoms with Gasteiger partial charge in [0, 0.05) is 25.5 Å².